The molecule has 2 heterocycles. The molecule has 0 atom stereocenters. The Hall–Kier alpha value is -2.40. The van der Waals surface area contributed by atoms with Crippen LogP contribution in [0.1, 0.15) is 21.7 Å². The second-order valence-corrected chi connectivity index (χ2v) is 5.98. The van der Waals surface area contributed by atoms with Gasteiger partial charge in [-0.25, -0.2) is 4.98 Å². The first-order chi connectivity index (χ1) is 10.6. The molecule has 1 N–H and O–H groups in total. The maximum Gasteiger partial charge on any atom is 0.255 e. The van der Waals surface area contributed by atoms with E-state index in [0.717, 1.165) is 28.2 Å². The third kappa shape index (κ3) is 2.94. The number of hydrogen-bond donors (Lipinski definition) is 1. The van der Waals surface area contributed by atoms with Gasteiger partial charge in [0.05, 0.1) is 24.0 Å². The molecule has 112 valence electrons. The number of aromatic amines is 1. The molecule has 1 amide bonds. The van der Waals surface area contributed by atoms with E-state index in [-0.39, 0.29) is 5.91 Å². The molecule has 0 aliphatic carbocycles. The maximum atomic E-state index is 12.4. The predicted molar refractivity (Wildman–Crippen MR) is 88.9 cm³/mol. The Morgan fingerprint density at radius 2 is 2.05 bits per heavy atom. The van der Waals surface area contributed by atoms with Crippen molar-refractivity contribution in [2.45, 2.75) is 13.5 Å². The second-order valence-electron chi connectivity index (χ2n) is 5.24. The van der Waals surface area contributed by atoms with Crippen LogP contribution in [0.4, 0.5) is 0 Å². The van der Waals surface area contributed by atoms with Crippen molar-refractivity contribution in [2.75, 3.05) is 7.05 Å². The number of hydrogen-bond acceptors (Lipinski definition) is 3. The number of rotatable bonds is 4. The molecule has 3 rings (SSSR count). The van der Waals surface area contributed by atoms with Gasteiger partial charge in [0.25, 0.3) is 5.91 Å². The van der Waals surface area contributed by atoms with Gasteiger partial charge < -0.3 is 9.88 Å². The minimum absolute atomic E-state index is 0.0245. The van der Waals surface area contributed by atoms with E-state index in [2.05, 4.69) is 9.97 Å². The number of aromatic nitrogens is 2. The molecule has 0 aliphatic heterocycles. The van der Waals surface area contributed by atoms with Crippen molar-refractivity contribution in [3.05, 3.63) is 64.2 Å². The first kappa shape index (κ1) is 14.5. The summed E-state index contributed by atoms with van der Waals surface area (Å²) < 4.78 is 0. The van der Waals surface area contributed by atoms with Gasteiger partial charge in [-0.05, 0) is 23.4 Å². The van der Waals surface area contributed by atoms with Crippen LogP contribution in [0.2, 0.25) is 0 Å². The Morgan fingerprint density at radius 1 is 1.27 bits per heavy atom. The lowest BCUT2D eigenvalue weighted by atomic mass is 10.2. The van der Waals surface area contributed by atoms with Crippen molar-refractivity contribution in [3.63, 3.8) is 0 Å². The lowest BCUT2D eigenvalue weighted by Gasteiger charge is -2.15. The van der Waals surface area contributed by atoms with Crippen molar-refractivity contribution in [2.24, 2.45) is 0 Å². The number of thiophene rings is 1. The Morgan fingerprint density at radius 3 is 2.73 bits per heavy atom. The molecule has 22 heavy (non-hydrogen) atoms. The van der Waals surface area contributed by atoms with E-state index in [4.69, 9.17) is 0 Å². The third-order valence-electron chi connectivity index (χ3n) is 3.53. The molecule has 4 nitrogen and oxygen atoms in total. The van der Waals surface area contributed by atoms with Crippen LogP contribution in [-0.4, -0.2) is 27.8 Å². The highest BCUT2D eigenvalue weighted by atomic mass is 32.1. The Bertz CT molecular complexity index is 776. The van der Waals surface area contributed by atoms with Gasteiger partial charge in [0.15, 0.2) is 0 Å². The van der Waals surface area contributed by atoms with Crippen LogP contribution in [0.5, 0.6) is 0 Å². The molecule has 0 spiro atoms. The van der Waals surface area contributed by atoms with Gasteiger partial charge in [-0.3, -0.25) is 4.79 Å². The number of benzene rings is 1. The number of nitrogens with zero attached hydrogens (tertiary/aromatic N) is 2. The lowest BCUT2D eigenvalue weighted by Crippen LogP contribution is -2.26. The molecule has 0 saturated carbocycles. The van der Waals surface area contributed by atoms with E-state index in [1.54, 1.807) is 29.5 Å². The standard InChI is InChI=1S/C17H17N3OS/c1-12-10-22-11-14(12)17(21)20(2)9-16-18-8-15(19-16)13-6-4-3-5-7-13/h3-8,10-11H,9H2,1-2H3,(H,18,19). The topological polar surface area (TPSA) is 49.0 Å². The van der Waals surface area contributed by atoms with Crippen molar-refractivity contribution in [1.82, 2.24) is 14.9 Å². The molecular weight excluding hydrogens is 294 g/mol. The molecule has 0 saturated heterocycles. The van der Waals surface area contributed by atoms with Crippen LogP contribution in [0.25, 0.3) is 11.3 Å². The van der Waals surface area contributed by atoms with Gasteiger partial charge in [0, 0.05) is 12.4 Å². The average molecular weight is 311 g/mol. The van der Waals surface area contributed by atoms with Crippen LogP contribution in [0, 0.1) is 6.92 Å². The van der Waals surface area contributed by atoms with Crippen LogP contribution in [-0.2, 0) is 6.54 Å². The fourth-order valence-electron chi connectivity index (χ4n) is 2.29. The van der Waals surface area contributed by atoms with Crippen molar-refractivity contribution < 1.29 is 4.79 Å². The molecular formula is C17H17N3OS. The molecule has 0 unspecified atom stereocenters. The molecule has 3 aromatic rings. The van der Waals surface area contributed by atoms with Gasteiger partial charge in [-0.15, -0.1) is 0 Å². The summed E-state index contributed by atoms with van der Waals surface area (Å²) in [5.41, 5.74) is 3.83. The van der Waals surface area contributed by atoms with Crippen LogP contribution in [0.15, 0.2) is 47.3 Å². The molecule has 5 heteroatoms. The summed E-state index contributed by atoms with van der Waals surface area (Å²) in [6.07, 6.45) is 1.80. The maximum absolute atomic E-state index is 12.4. The summed E-state index contributed by atoms with van der Waals surface area (Å²) in [4.78, 5) is 21.7. The molecule has 2 aromatic heterocycles. The van der Waals surface area contributed by atoms with E-state index >= 15 is 0 Å². The molecule has 0 fully saturated rings. The first-order valence-electron chi connectivity index (χ1n) is 7.02. The largest absolute Gasteiger partial charge is 0.341 e. The summed E-state index contributed by atoms with van der Waals surface area (Å²) in [5.74, 6) is 0.805. The highest BCUT2D eigenvalue weighted by Gasteiger charge is 2.16. The summed E-state index contributed by atoms with van der Waals surface area (Å²) in [7, 11) is 1.80. The fourth-order valence-corrected chi connectivity index (χ4v) is 3.11. The Labute approximate surface area is 133 Å². The smallest absolute Gasteiger partial charge is 0.255 e. The summed E-state index contributed by atoms with van der Waals surface area (Å²) in [5, 5.41) is 3.88. The second kappa shape index (κ2) is 6.15. The van der Waals surface area contributed by atoms with Gasteiger partial charge in [0.1, 0.15) is 5.82 Å². The van der Waals surface area contributed by atoms with E-state index in [1.807, 2.05) is 48.0 Å². The van der Waals surface area contributed by atoms with Crippen molar-refractivity contribution in [1.29, 1.82) is 0 Å². The van der Waals surface area contributed by atoms with Gasteiger partial charge in [-0.2, -0.15) is 11.3 Å². The summed E-state index contributed by atoms with van der Waals surface area (Å²) >= 11 is 1.55. The van der Waals surface area contributed by atoms with E-state index < -0.39 is 0 Å². The highest BCUT2D eigenvalue weighted by molar-refractivity contribution is 7.08. The summed E-state index contributed by atoms with van der Waals surface area (Å²) in [6.45, 7) is 2.42. The van der Waals surface area contributed by atoms with E-state index in [0.29, 0.717) is 6.54 Å². The predicted octanol–water partition coefficient (Wildman–Crippen LogP) is 3.72. The quantitative estimate of drug-likeness (QED) is 0.798. The lowest BCUT2D eigenvalue weighted by molar-refractivity contribution is 0.0782. The molecule has 0 radical (unpaired) electrons. The number of carbonyl (C=O) groups is 1. The minimum atomic E-state index is 0.0245. The van der Waals surface area contributed by atoms with Crippen LogP contribution < -0.4 is 0 Å². The van der Waals surface area contributed by atoms with Gasteiger partial charge >= 0.3 is 0 Å². The number of carbonyl (C=O) groups excluding carboxylic acids is 1. The first-order valence-corrected chi connectivity index (χ1v) is 7.97. The van der Waals surface area contributed by atoms with Gasteiger partial charge in [-0.1, -0.05) is 30.3 Å². The number of aryl methyl sites for hydroxylation is 1. The normalized spacial score (nSPS) is 10.6. The van der Waals surface area contributed by atoms with Crippen LogP contribution in [0.3, 0.4) is 0 Å². The highest BCUT2D eigenvalue weighted by Crippen LogP contribution is 2.18. The van der Waals surface area contributed by atoms with Crippen molar-refractivity contribution >= 4 is 17.2 Å². The third-order valence-corrected chi connectivity index (χ3v) is 4.39. The monoisotopic (exact) mass is 311 g/mol. The number of amides is 1. The zero-order chi connectivity index (χ0) is 15.5. The zero-order valence-electron chi connectivity index (χ0n) is 12.5. The average Bonchev–Trinajstić information content (AvgIpc) is 3.16. The van der Waals surface area contributed by atoms with Crippen molar-refractivity contribution in [3.8, 4) is 11.3 Å². The number of nitrogens with one attached hydrogen (secondary N) is 1. The molecule has 0 bridgehead atoms. The SMILES string of the molecule is Cc1cscc1C(=O)N(C)Cc1ncc(-c2ccccc2)[nH]1. The van der Waals surface area contributed by atoms with E-state index in [1.165, 1.54) is 0 Å². The molecule has 0 aliphatic rings. The minimum Gasteiger partial charge on any atom is -0.341 e. The number of H-pyrrole nitrogens is 1. The number of imidazole rings is 1. The Kier molecular flexibility index (Phi) is 4.06. The summed E-state index contributed by atoms with van der Waals surface area (Å²) in [6, 6.07) is 10.0. The van der Waals surface area contributed by atoms with Crippen LogP contribution >= 0.6 is 11.3 Å². The fraction of sp³-hybridized carbons (Fsp3) is 0.176. The van der Waals surface area contributed by atoms with E-state index in [9.17, 15) is 4.79 Å². The Balaban J connectivity index is 1.73. The molecule has 1 aromatic carbocycles. The zero-order valence-corrected chi connectivity index (χ0v) is 13.4. The van der Waals surface area contributed by atoms with Gasteiger partial charge in [0.2, 0.25) is 0 Å².